The Labute approximate surface area is 180 Å². The molecule has 4 rings (SSSR count). The SMILES string of the molecule is CCc1nn2c(=O)cc(COc3cccc(NC(=O)c4ccccc4Cl)c3)nc2s1. The summed E-state index contributed by atoms with van der Waals surface area (Å²) in [5.41, 5.74) is 1.22. The minimum absolute atomic E-state index is 0.118. The monoisotopic (exact) mass is 440 g/mol. The van der Waals surface area contributed by atoms with Crippen LogP contribution in [0.3, 0.4) is 0 Å². The topological polar surface area (TPSA) is 85.6 Å². The molecule has 2 heterocycles. The molecule has 0 atom stereocenters. The maximum absolute atomic E-state index is 12.4. The lowest BCUT2D eigenvalue weighted by molar-refractivity contribution is 0.102. The third-order valence-corrected chi connectivity index (χ3v) is 5.62. The molecule has 0 bridgehead atoms. The van der Waals surface area contributed by atoms with Crippen LogP contribution in [0.2, 0.25) is 5.02 Å². The van der Waals surface area contributed by atoms with E-state index in [1.54, 1.807) is 48.5 Å². The first-order valence-corrected chi connectivity index (χ1v) is 10.4. The summed E-state index contributed by atoms with van der Waals surface area (Å²) in [4.78, 5) is 29.6. The maximum atomic E-state index is 12.4. The molecule has 0 saturated carbocycles. The van der Waals surface area contributed by atoms with Crippen molar-refractivity contribution < 1.29 is 9.53 Å². The van der Waals surface area contributed by atoms with Gasteiger partial charge in [0.25, 0.3) is 11.5 Å². The minimum atomic E-state index is -0.310. The van der Waals surface area contributed by atoms with E-state index in [0.717, 1.165) is 11.4 Å². The number of halogens is 1. The zero-order valence-electron chi connectivity index (χ0n) is 16.0. The van der Waals surface area contributed by atoms with E-state index in [1.165, 1.54) is 21.9 Å². The smallest absolute Gasteiger partial charge is 0.275 e. The second-order valence-corrected chi connectivity index (χ2v) is 7.83. The Kier molecular flexibility index (Phi) is 5.78. The fourth-order valence-electron chi connectivity index (χ4n) is 2.78. The van der Waals surface area contributed by atoms with Gasteiger partial charge in [0.15, 0.2) is 0 Å². The van der Waals surface area contributed by atoms with Crippen LogP contribution < -0.4 is 15.6 Å². The van der Waals surface area contributed by atoms with Crippen LogP contribution in [0.4, 0.5) is 5.69 Å². The van der Waals surface area contributed by atoms with Crippen molar-refractivity contribution in [3.05, 3.63) is 86.2 Å². The third-order valence-electron chi connectivity index (χ3n) is 4.24. The van der Waals surface area contributed by atoms with Gasteiger partial charge in [0, 0.05) is 17.8 Å². The van der Waals surface area contributed by atoms with Crippen molar-refractivity contribution in [2.24, 2.45) is 0 Å². The molecule has 2 aromatic carbocycles. The second-order valence-electron chi connectivity index (χ2n) is 6.38. The zero-order chi connectivity index (χ0) is 21.1. The molecule has 0 aliphatic heterocycles. The first kappa shape index (κ1) is 20.1. The molecule has 152 valence electrons. The van der Waals surface area contributed by atoms with Gasteiger partial charge in [0.05, 0.1) is 16.3 Å². The molecule has 0 spiro atoms. The molecule has 9 heteroatoms. The number of hydrogen-bond acceptors (Lipinski definition) is 6. The van der Waals surface area contributed by atoms with Gasteiger partial charge in [-0.1, -0.05) is 48.1 Å². The average molecular weight is 441 g/mol. The van der Waals surface area contributed by atoms with Crippen LogP contribution in [0.1, 0.15) is 28.0 Å². The lowest BCUT2D eigenvalue weighted by Crippen LogP contribution is -2.16. The number of nitrogens with zero attached hydrogens (tertiary/aromatic N) is 3. The third kappa shape index (κ3) is 4.34. The summed E-state index contributed by atoms with van der Waals surface area (Å²) in [7, 11) is 0. The molecule has 0 unspecified atom stereocenters. The van der Waals surface area contributed by atoms with Crippen molar-refractivity contribution >= 4 is 39.5 Å². The Morgan fingerprint density at radius 1 is 1.20 bits per heavy atom. The predicted octanol–water partition coefficient (Wildman–Crippen LogP) is 4.20. The summed E-state index contributed by atoms with van der Waals surface area (Å²) in [6.07, 6.45) is 0.742. The summed E-state index contributed by atoms with van der Waals surface area (Å²) in [5.74, 6) is 0.224. The number of carbonyl (C=O) groups is 1. The second kappa shape index (κ2) is 8.64. The molecule has 0 saturated heterocycles. The summed E-state index contributed by atoms with van der Waals surface area (Å²) in [5, 5.41) is 8.26. The molecule has 0 fully saturated rings. The van der Waals surface area contributed by atoms with Gasteiger partial charge < -0.3 is 10.1 Å². The number of nitrogens with one attached hydrogen (secondary N) is 1. The number of benzene rings is 2. The summed E-state index contributed by atoms with van der Waals surface area (Å²) >= 11 is 7.46. The lowest BCUT2D eigenvalue weighted by atomic mass is 10.2. The Hall–Kier alpha value is -3.23. The molecule has 2 aromatic heterocycles. The summed E-state index contributed by atoms with van der Waals surface area (Å²) in [6.45, 7) is 2.09. The molecule has 0 radical (unpaired) electrons. The highest BCUT2D eigenvalue weighted by molar-refractivity contribution is 7.16. The number of aryl methyl sites for hydroxylation is 1. The number of aromatic nitrogens is 3. The van der Waals surface area contributed by atoms with E-state index in [-0.39, 0.29) is 18.1 Å². The quantitative estimate of drug-likeness (QED) is 0.485. The standard InChI is InChI=1S/C21H17ClN4O3S/c1-2-18-25-26-19(27)11-14(24-21(26)30-18)12-29-15-7-5-6-13(10-15)23-20(28)16-8-3-4-9-17(16)22/h3-11H,2,12H2,1H3,(H,23,28). The normalized spacial score (nSPS) is 10.9. The van der Waals surface area contributed by atoms with Crippen molar-refractivity contribution in [1.82, 2.24) is 14.6 Å². The van der Waals surface area contributed by atoms with Crippen molar-refractivity contribution in [3.8, 4) is 5.75 Å². The number of amides is 1. The molecule has 1 amide bonds. The predicted molar refractivity (Wildman–Crippen MR) is 117 cm³/mol. The number of ether oxygens (including phenoxy) is 1. The van der Waals surface area contributed by atoms with Gasteiger partial charge in [0.2, 0.25) is 4.96 Å². The Morgan fingerprint density at radius 2 is 2.03 bits per heavy atom. The fraction of sp³-hybridized carbons (Fsp3) is 0.143. The number of carbonyl (C=O) groups excluding carboxylic acids is 1. The lowest BCUT2D eigenvalue weighted by Gasteiger charge is -2.10. The highest BCUT2D eigenvalue weighted by Gasteiger charge is 2.11. The van der Waals surface area contributed by atoms with Crippen LogP contribution in [-0.4, -0.2) is 20.5 Å². The minimum Gasteiger partial charge on any atom is -0.487 e. The number of anilines is 1. The van der Waals surface area contributed by atoms with Crippen molar-refractivity contribution in [3.63, 3.8) is 0 Å². The highest BCUT2D eigenvalue weighted by Crippen LogP contribution is 2.21. The van der Waals surface area contributed by atoms with E-state index in [2.05, 4.69) is 15.4 Å². The van der Waals surface area contributed by atoms with Crippen LogP contribution >= 0.6 is 22.9 Å². The Morgan fingerprint density at radius 3 is 2.83 bits per heavy atom. The van der Waals surface area contributed by atoms with Gasteiger partial charge in [-0.2, -0.15) is 9.61 Å². The summed E-state index contributed by atoms with van der Waals surface area (Å²) in [6, 6.07) is 15.2. The van der Waals surface area contributed by atoms with Gasteiger partial charge in [-0.15, -0.1) is 0 Å². The van der Waals surface area contributed by atoms with E-state index in [4.69, 9.17) is 16.3 Å². The summed E-state index contributed by atoms with van der Waals surface area (Å²) < 4.78 is 7.08. The van der Waals surface area contributed by atoms with Crippen LogP contribution in [0.25, 0.3) is 4.96 Å². The van der Waals surface area contributed by atoms with Crippen molar-refractivity contribution in [1.29, 1.82) is 0 Å². The zero-order valence-corrected chi connectivity index (χ0v) is 17.5. The number of hydrogen-bond donors (Lipinski definition) is 1. The molecular weight excluding hydrogens is 424 g/mol. The molecule has 1 N–H and O–H groups in total. The molecular formula is C21H17ClN4O3S. The average Bonchev–Trinajstić information content (AvgIpc) is 3.17. The van der Waals surface area contributed by atoms with E-state index >= 15 is 0 Å². The van der Waals surface area contributed by atoms with Gasteiger partial charge >= 0.3 is 0 Å². The number of rotatable bonds is 6. The van der Waals surface area contributed by atoms with Crippen LogP contribution in [0.15, 0.2) is 59.4 Å². The molecule has 30 heavy (non-hydrogen) atoms. The Bertz CT molecular complexity index is 1280. The molecule has 0 aliphatic carbocycles. The Balaban J connectivity index is 1.47. The first-order chi connectivity index (χ1) is 14.5. The van der Waals surface area contributed by atoms with E-state index in [9.17, 15) is 9.59 Å². The molecule has 0 aliphatic rings. The van der Waals surface area contributed by atoms with Crippen LogP contribution in [0.5, 0.6) is 5.75 Å². The van der Waals surface area contributed by atoms with Crippen molar-refractivity contribution in [2.75, 3.05) is 5.32 Å². The largest absolute Gasteiger partial charge is 0.487 e. The highest BCUT2D eigenvalue weighted by atomic mass is 35.5. The van der Waals surface area contributed by atoms with E-state index < -0.39 is 0 Å². The molecule has 7 nitrogen and oxygen atoms in total. The number of fused-ring (bicyclic) bond motifs is 1. The van der Waals surface area contributed by atoms with Gasteiger partial charge in [-0.05, 0) is 30.7 Å². The van der Waals surface area contributed by atoms with Gasteiger partial charge in [-0.3, -0.25) is 9.59 Å². The first-order valence-electron chi connectivity index (χ1n) is 9.21. The maximum Gasteiger partial charge on any atom is 0.275 e. The fourth-order valence-corrected chi connectivity index (χ4v) is 3.86. The van der Waals surface area contributed by atoms with Crippen LogP contribution in [-0.2, 0) is 13.0 Å². The van der Waals surface area contributed by atoms with Gasteiger partial charge in [-0.25, -0.2) is 4.98 Å². The van der Waals surface area contributed by atoms with E-state index in [0.29, 0.717) is 32.7 Å². The molecule has 4 aromatic rings. The van der Waals surface area contributed by atoms with E-state index in [1.807, 2.05) is 6.92 Å². The van der Waals surface area contributed by atoms with Crippen molar-refractivity contribution in [2.45, 2.75) is 20.0 Å². The van der Waals surface area contributed by atoms with Crippen LogP contribution in [0, 0.1) is 0 Å². The van der Waals surface area contributed by atoms with Gasteiger partial charge in [0.1, 0.15) is 17.4 Å².